The highest BCUT2D eigenvalue weighted by Gasteiger charge is 2.26. The molecule has 1 aromatic heterocycles. The van der Waals surface area contributed by atoms with Crippen LogP contribution in [0.5, 0.6) is 0 Å². The Bertz CT molecular complexity index is 752. The highest BCUT2D eigenvalue weighted by molar-refractivity contribution is 5.98. The van der Waals surface area contributed by atoms with E-state index in [1.165, 1.54) is 0 Å². The van der Waals surface area contributed by atoms with E-state index in [0.717, 1.165) is 36.0 Å². The van der Waals surface area contributed by atoms with Crippen LogP contribution < -0.4 is 4.90 Å². The number of aromatic amines is 1. The Morgan fingerprint density at radius 2 is 1.92 bits per heavy atom. The van der Waals surface area contributed by atoms with Gasteiger partial charge in [0.25, 0.3) is 0 Å². The normalized spacial score (nSPS) is 15.6. The quantitative estimate of drug-likeness (QED) is 0.860. The van der Waals surface area contributed by atoms with Crippen molar-refractivity contribution < 1.29 is 14.3 Å². The SMILES string of the molecule is CC(C)(C)OC(=O)N1CCN(c2ccc3[nH]cc(C=O)c3c2)CC1. The molecule has 1 aliphatic rings. The lowest BCUT2D eigenvalue weighted by Crippen LogP contribution is -2.50. The zero-order valence-corrected chi connectivity index (χ0v) is 14.3. The van der Waals surface area contributed by atoms with Crippen molar-refractivity contribution in [1.82, 2.24) is 9.88 Å². The lowest BCUT2D eigenvalue weighted by Gasteiger charge is -2.36. The number of ether oxygens (including phenoxy) is 1. The van der Waals surface area contributed by atoms with Gasteiger partial charge in [-0.05, 0) is 39.0 Å². The Labute approximate surface area is 141 Å². The van der Waals surface area contributed by atoms with Crippen molar-refractivity contribution in [3.05, 3.63) is 30.0 Å². The van der Waals surface area contributed by atoms with Gasteiger partial charge in [-0.25, -0.2) is 4.79 Å². The van der Waals surface area contributed by atoms with Crippen molar-refractivity contribution in [2.75, 3.05) is 31.1 Å². The summed E-state index contributed by atoms with van der Waals surface area (Å²) in [5.74, 6) is 0. The summed E-state index contributed by atoms with van der Waals surface area (Å²) in [6.07, 6.45) is 2.33. The van der Waals surface area contributed by atoms with Crippen LogP contribution in [-0.2, 0) is 4.74 Å². The minimum atomic E-state index is -0.473. The fraction of sp³-hybridized carbons (Fsp3) is 0.444. The third kappa shape index (κ3) is 3.37. The van der Waals surface area contributed by atoms with E-state index in [0.29, 0.717) is 18.7 Å². The molecule has 0 unspecified atom stereocenters. The van der Waals surface area contributed by atoms with Crippen LogP contribution in [0, 0.1) is 0 Å². The number of benzene rings is 1. The van der Waals surface area contributed by atoms with Gasteiger partial charge in [0.1, 0.15) is 5.60 Å². The molecule has 2 heterocycles. The predicted octanol–water partition coefficient (Wildman–Crippen LogP) is 3.04. The third-order valence-corrected chi connectivity index (χ3v) is 4.12. The molecule has 6 heteroatoms. The van der Waals surface area contributed by atoms with Gasteiger partial charge in [-0.15, -0.1) is 0 Å². The second kappa shape index (κ2) is 6.19. The largest absolute Gasteiger partial charge is 0.444 e. The van der Waals surface area contributed by atoms with Crippen molar-refractivity contribution in [2.45, 2.75) is 26.4 Å². The summed E-state index contributed by atoms with van der Waals surface area (Å²) in [6, 6.07) is 6.05. The molecule has 6 nitrogen and oxygen atoms in total. The zero-order chi connectivity index (χ0) is 17.3. The summed E-state index contributed by atoms with van der Waals surface area (Å²) in [6.45, 7) is 8.35. The van der Waals surface area contributed by atoms with Gasteiger partial charge in [0.05, 0.1) is 0 Å². The van der Waals surface area contributed by atoms with Crippen molar-refractivity contribution in [3.63, 3.8) is 0 Å². The van der Waals surface area contributed by atoms with Crippen molar-refractivity contribution in [2.24, 2.45) is 0 Å². The average molecular weight is 329 g/mol. The van der Waals surface area contributed by atoms with E-state index in [1.807, 2.05) is 39.0 Å². The molecule has 0 atom stereocenters. The van der Waals surface area contributed by atoms with Gasteiger partial charge in [0, 0.05) is 54.5 Å². The summed E-state index contributed by atoms with van der Waals surface area (Å²) >= 11 is 0. The monoisotopic (exact) mass is 329 g/mol. The number of hydrogen-bond donors (Lipinski definition) is 1. The molecular weight excluding hydrogens is 306 g/mol. The summed E-state index contributed by atoms with van der Waals surface area (Å²) < 4.78 is 5.42. The molecule has 1 saturated heterocycles. The number of aldehydes is 1. The maximum Gasteiger partial charge on any atom is 0.410 e. The maximum atomic E-state index is 12.1. The summed E-state index contributed by atoms with van der Waals surface area (Å²) in [5.41, 5.74) is 2.21. The Kier molecular flexibility index (Phi) is 4.22. The molecule has 2 aromatic rings. The molecule has 0 bridgehead atoms. The van der Waals surface area contributed by atoms with Crippen LogP contribution in [0.1, 0.15) is 31.1 Å². The van der Waals surface area contributed by atoms with Crippen LogP contribution >= 0.6 is 0 Å². The topological polar surface area (TPSA) is 65.6 Å². The number of hydrogen-bond acceptors (Lipinski definition) is 4. The number of fused-ring (bicyclic) bond motifs is 1. The van der Waals surface area contributed by atoms with E-state index in [4.69, 9.17) is 4.74 Å². The fourth-order valence-electron chi connectivity index (χ4n) is 2.90. The van der Waals surface area contributed by atoms with Gasteiger partial charge in [-0.3, -0.25) is 4.79 Å². The number of amides is 1. The summed E-state index contributed by atoms with van der Waals surface area (Å²) in [4.78, 5) is 30.3. The molecular formula is C18H23N3O3. The van der Waals surface area contributed by atoms with E-state index in [2.05, 4.69) is 9.88 Å². The molecule has 128 valence electrons. The number of piperazine rings is 1. The van der Waals surface area contributed by atoms with Crippen molar-refractivity contribution in [1.29, 1.82) is 0 Å². The molecule has 0 saturated carbocycles. The first kappa shape index (κ1) is 16.4. The first-order valence-corrected chi connectivity index (χ1v) is 8.16. The van der Waals surface area contributed by atoms with Gasteiger partial charge >= 0.3 is 6.09 Å². The number of H-pyrrole nitrogens is 1. The van der Waals surface area contributed by atoms with Crippen LogP contribution in [-0.4, -0.2) is 54.0 Å². The van der Waals surface area contributed by atoms with E-state index in [1.54, 1.807) is 11.1 Å². The fourth-order valence-corrected chi connectivity index (χ4v) is 2.90. The van der Waals surface area contributed by atoms with Crippen molar-refractivity contribution >= 4 is 29.0 Å². The molecule has 1 aliphatic heterocycles. The first-order valence-electron chi connectivity index (χ1n) is 8.16. The Morgan fingerprint density at radius 3 is 2.54 bits per heavy atom. The van der Waals surface area contributed by atoms with Crippen LogP contribution in [0.15, 0.2) is 24.4 Å². The number of carbonyl (C=O) groups excluding carboxylic acids is 2. The van der Waals surface area contributed by atoms with Crippen molar-refractivity contribution in [3.8, 4) is 0 Å². The minimum absolute atomic E-state index is 0.258. The van der Waals surface area contributed by atoms with E-state index < -0.39 is 5.60 Å². The van der Waals surface area contributed by atoms with Crippen LogP contribution in [0.25, 0.3) is 10.9 Å². The number of rotatable bonds is 2. The molecule has 1 aromatic carbocycles. The number of aromatic nitrogens is 1. The lowest BCUT2D eigenvalue weighted by molar-refractivity contribution is 0.0240. The molecule has 1 N–H and O–H groups in total. The average Bonchev–Trinajstić information content (AvgIpc) is 2.95. The lowest BCUT2D eigenvalue weighted by atomic mass is 10.1. The van der Waals surface area contributed by atoms with Crippen LogP contribution in [0.3, 0.4) is 0 Å². The zero-order valence-electron chi connectivity index (χ0n) is 14.3. The Balaban J connectivity index is 1.68. The Morgan fingerprint density at radius 1 is 1.21 bits per heavy atom. The van der Waals surface area contributed by atoms with Crippen LogP contribution in [0.4, 0.5) is 10.5 Å². The highest BCUT2D eigenvalue weighted by Crippen LogP contribution is 2.25. The summed E-state index contributed by atoms with van der Waals surface area (Å²) in [7, 11) is 0. The van der Waals surface area contributed by atoms with E-state index >= 15 is 0 Å². The van der Waals surface area contributed by atoms with Gasteiger partial charge in [0.2, 0.25) is 0 Å². The smallest absolute Gasteiger partial charge is 0.410 e. The molecule has 24 heavy (non-hydrogen) atoms. The number of anilines is 1. The molecule has 3 rings (SSSR count). The first-order chi connectivity index (χ1) is 11.4. The second-order valence-electron chi connectivity index (χ2n) is 7.05. The number of nitrogens with zero attached hydrogens (tertiary/aromatic N) is 2. The molecule has 1 amide bonds. The predicted molar refractivity (Wildman–Crippen MR) is 93.7 cm³/mol. The van der Waals surface area contributed by atoms with Gasteiger partial charge in [-0.2, -0.15) is 0 Å². The third-order valence-electron chi connectivity index (χ3n) is 4.12. The van der Waals surface area contributed by atoms with E-state index in [-0.39, 0.29) is 6.09 Å². The number of carbonyl (C=O) groups is 2. The molecule has 0 spiro atoms. The van der Waals surface area contributed by atoms with Crippen LogP contribution in [0.2, 0.25) is 0 Å². The molecule has 0 aliphatic carbocycles. The van der Waals surface area contributed by atoms with E-state index in [9.17, 15) is 9.59 Å². The highest BCUT2D eigenvalue weighted by atomic mass is 16.6. The molecule has 0 radical (unpaired) electrons. The standard InChI is InChI=1S/C18H23N3O3/c1-18(2,3)24-17(23)21-8-6-20(7-9-21)14-4-5-16-15(10-14)13(12-22)11-19-16/h4-5,10-12,19H,6-9H2,1-3H3. The number of nitrogens with one attached hydrogen (secondary N) is 1. The Hall–Kier alpha value is -2.50. The maximum absolute atomic E-state index is 12.1. The second-order valence-corrected chi connectivity index (χ2v) is 7.05. The van der Waals surface area contributed by atoms with Gasteiger partial charge in [0.15, 0.2) is 6.29 Å². The minimum Gasteiger partial charge on any atom is -0.444 e. The molecule has 1 fully saturated rings. The van der Waals surface area contributed by atoms with Gasteiger partial charge in [-0.1, -0.05) is 0 Å². The summed E-state index contributed by atoms with van der Waals surface area (Å²) in [5, 5.41) is 0.928. The van der Waals surface area contributed by atoms with Gasteiger partial charge < -0.3 is 19.5 Å².